The Morgan fingerprint density at radius 2 is 1.96 bits per heavy atom. The van der Waals surface area contributed by atoms with Gasteiger partial charge in [0.25, 0.3) is 0 Å². The molecular weight excluding hydrogens is 332 g/mol. The third kappa shape index (κ3) is 8.06. The molecule has 6 heteroatoms. The first-order valence-electron chi connectivity index (χ1n) is 8.13. The first-order chi connectivity index (χ1) is 11.2. The van der Waals surface area contributed by atoms with Crippen LogP contribution in [0.25, 0.3) is 0 Å². The van der Waals surface area contributed by atoms with Gasteiger partial charge in [0.2, 0.25) is 5.91 Å². The number of rotatable bonds is 9. The number of ether oxygens (including phenoxy) is 1. The summed E-state index contributed by atoms with van der Waals surface area (Å²) in [6.45, 7) is 5.64. The van der Waals surface area contributed by atoms with E-state index in [2.05, 4.69) is 10.2 Å². The molecule has 1 aromatic rings. The number of unbranched alkanes of at least 4 members (excludes halogenated alkanes) is 1. The van der Waals surface area contributed by atoms with Gasteiger partial charge in [0.1, 0.15) is 0 Å². The van der Waals surface area contributed by atoms with Gasteiger partial charge in [-0.15, -0.1) is 11.8 Å². The van der Waals surface area contributed by atoms with E-state index in [0.717, 1.165) is 63.0 Å². The molecule has 1 heterocycles. The Labute approximate surface area is 147 Å². The zero-order valence-electron chi connectivity index (χ0n) is 13.4. The molecule has 1 N–H and O–H groups in total. The second-order valence-corrected chi connectivity index (χ2v) is 7.05. The van der Waals surface area contributed by atoms with Crippen LogP contribution in [0.3, 0.4) is 0 Å². The lowest BCUT2D eigenvalue weighted by atomic mass is 10.2. The zero-order valence-corrected chi connectivity index (χ0v) is 15.0. The summed E-state index contributed by atoms with van der Waals surface area (Å²) in [5, 5.41) is 3.74. The molecule has 4 nitrogen and oxygen atoms in total. The standard InChI is InChI=1S/C17H25ClN2O2S/c18-16-5-3-15(4-6-16)13-23-14-17(21)19-7-1-2-8-20-9-11-22-12-10-20/h3-6H,1-2,7-14H2,(H,19,21). The molecule has 1 aromatic carbocycles. The Bertz CT molecular complexity index is 464. The van der Waals surface area contributed by atoms with Gasteiger partial charge >= 0.3 is 0 Å². The summed E-state index contributed by atoms with van der Waals surface area (Å²) < 4.78 is 5.33. The lowest BCUT2D eigenvalue weighted by Crippen LogP contribution is -2.37. The summed E-state index contributed by atoms with van der Waals surface area (Å²) in [6, 6.07) is 7.76. The van der Waals surface area contributed by atoms with Crippen LogP contribution in [0.4, 0.5) is 0 Å². The number of thioether (sulfide) groups is 1. The third-order valence-corrected chi connectivity index (χ3v) is 5.00. The minimum Gasteiger partial charge on any atom is -0.379 e. The molecule has 0 aromatic heterocycles. The van der Waals surface area contributed by atoms with Crippen molar-refractivity contribution in [3.63, 3.8) is 0 Å². The van der Waals surface area contributed by atoms with Crippen LogP contribution >= 0.6 is 23.4 Å². The number of halogens is 1. The van der Waals surface area contributed by atoms with Crippen molar-refractivity contribution in [2.75, 3.05) is 45.1 Å². The van der Waals surface area contributed by atoms with E-state index in [4.69, 9.17) is 16.3 Å². The molecule has 0 bridgehead atoms. The van der Waals surface area contributed by atoms with Gasteiger partial charge in [0.15, 0.2) is 0 Å². The summed E-state index contributed by atoms with van der Waals surface area (Å²) >= 11 is 7.48. The van der Waals surface area contributed by atoms with Crippen LogP contribution in [0, 0.1) is 0 Å². The average Bonchev–Trinajstić information content (AvgIpc) is 2.57. The smallest absolute Gasteiger partial charge is 0.230 e. The largest absolute Gasteiger partial charge is 0.379 e. The van der Waals surface area contributed by atoms with E-state index >= 15 is 0 Å². The molecule has 0 aliphatic carbocycles. The number of carbonyl (C=O) groups is 1. The fourth-order valence-corrected chi connectivity index (χ4v) is 3.35. The number of carbonyl (C=O) groups excluding carboxylic acids is 1. The van der Waals surface area contributed by atoms with Crippen molar-refractivity contribution in [3.8, 4) is 0 Å². The summed E-state index contributed by atoms with van der Waals surface area (Å²) in [7, 11) is 0. The average molecular weight is 357 g/mol. The van der Waals surface area contributed by atoms with E-state index < -0.39 is 0 Å². The van der Waals surface area contributed by atoms with Crippen LogP contribution < -0.4 is 5.32 Å². The molecule has 0 atom stereocenters. The summed E-state index contributed by atoms with van der Waals surface area (Å²) in [5.74, 6) is 1.46. The maximum atomic E-state index is 11.8. The van der Waals surface area contributed by atoms with E-state index in [1.54, 1.807) is 11.8 Å². The molecule has 1 amide bonds. The van der Waals surface area contributed by atoms with Gasteiger partial charge in [-0.25, -0.2) is 0 Å². The van der Waals surface area contributed by atoms with Crippen LogP contribution in [0.1, 0.15) is 18.4 Å². The number of hydrogen-bond acceptors (Lipinski definition) is 4. The highest BCUT2D eigenvalue weighted by molar-refractivity contribution is 7.99. The number of hydrogen-bond donors (Lipinski definition) is 1. The molecule has 1 aliphatic heterocycles. The van der Waals surface area contributed by atoms with Gasteiger partial charge in [0.05, 0.1) is 19.0 Å². The predicted molar refractivity (Wildman–Crippen MR) is 97.1 cm³/mol. The highest BCUT2D eigenvalue weighted by Crippen LogP contribution is 2.15. The number of nitrogens with one attached hydrogen (secondary N) is 1. The van der Waals surface area contributed by atoms with E-state index in [0.29, 0.717) is 5.75 Å². The van der Waals surface area contributed by atoms with Gasteiger partial charge in [-0.1, -0.05) is 23.7 Å². The Morgan fingerprint density at radius 1 is 1.22 bits per heavy atom. The van der Waals surface area contributed by atoms with Gasteiger partial charge in [-0.3, -0.25) is 9.69 Å². The van der Waals surface area contributed by atoms with E-state index in [-0.39, 0.29) is 5.91 Å². The van der Waals surface area contributed by atoms with Crippen LogP contribution in [0.2, 0.25) is 5.02 Å². The summed E-state index contributed by atoms with van der Waals surface area (Å²) in [4.78, 5) is 14.2. The van der Waals surface area contributed by atoms with Gasteiger partial charge in [-0.2, -0.15) is 0 Å². The second kappa shape index (κ2) is 10.9. The lowest BCUT2D eigenvalue weighted by Gasteiger charge is -2.26. The van der Waals surface area contributed by atoms with E-state index in [1.807, 2.05) is 24.3 Å². The Hall–Kier alpha value is -0.750. The monoisotopic (exact) mass is 356 g/mol. The molecular formula is C17H25ClN2O2S. The van der Waals surface area contributed by atoms with E-state index in [1.165, 1.54) is 5.56 Å². The normalized spacial score (nSPS) is 15.5. The number of morpholine rings is 1. The Balaban J connectivity index is 1.46. The van der Waals surface area contributed by atoms with Crippen LogP contribution in [0.5, 0.6) is 0 Å². The molecule has 2 rings (SSSR count). The maximum Gasteiger partial charge on any atom is 0.230 e. The molecule has 1 aliphatic rings. The fraction of sp³-hybridized carbons (Fsp3) is 0.588. The molecule has 0 radical (unpaired) electrons. The Kier molecular flexibility index (Phi) is 8.82. The molecule has 0 spiro atoms. The molecule has 0 saturated carbocycles. The van der Waals surface area contributed by atoms with Crippen LogP contribution in [-0.2, 0) is 15.3 Å². The van der Waals surface area contributed by atoms with Gasteiger partial charge in [0, 0.05) is 30.4 Å². The van der Waals surface area contributed by atoms with Crippen molar-refractivity contribution in [3.05, 3.63) is 34.9 Å². The number of nitrogens with zero attached hydrogens (tertiary/aromatic N) is 1. The molecule has 1 saturated heterocycles. The van der Waals surface area contributed by atoms with Crippen molar-refractivity contribution >= 4 is 29.3 Å². The van der Waals surface area contributed by atoms with E-state index in [9.17, 15) is 4.79 Å². The van der Waals surface area contributed by atoms with Crippen LogP contribution in [0.15, 0.2) is 24.3 Å². The van der Waals surface area contributed by atoms with Gasteiger partial charge in [-0.05, 0) is 37.1 Å². The fourth-order valence-electron chi connectivity index (χ4n) is 2.41. The minimum absolute atomic E-state index is 0.121. The minimum atomic E-state index is 0.121. The molecule has 128 valence electrons. The van der Waals surface area contributed by atoms with Crippen molar-refractivity contribution in [1.29, 1.82) is 0 Å². The zero-order chi connectivity index (χ0) is 16.3. The molecule has 0 unspecified atom stereocenters. The number of benzene rings is 1. The third-order valence-electron chi connectivity index (χ3n) is 3.74. The molecule has 23 heavy (non-hydrogen) atoms. The Morgan fingerprint density at radius 3 is 2.70 bits per heavy atom. The molecule has 1 fully saturated rings. The summed E-state index contributed by atoms with van der Waals surface area (Å²) in [5.41, 5.74) is 1.19. The van der Waals surface area contributed by atoms with Crippen molar-refractivity contribution in [1.82, 2.24) is 10.2 Å². The highest BCUT2D eigenvalue weighted by atomic mass is 35.5. The quantitative estimate of drug-likeness (QED) is 0.691. The highest BCUT2D eigenvalue weighted by Gasteiger charge is 2.09. The lowest BCUT2D eigenvalue weighted by molar-refractivity contribution is -0.118. The SMILES string of the molecule is O=C(CSCc1ccc(Cl)cc1)NCCCCN1CCOCC1. The first-order valence-corrected chi connectivity index (χ1v) is 9.66. The number of amides is 1. The summed E-state index contributed by atoms with van der Waals surface area (Å²) in [6.07, 6.45) is 2.16. The van der Waals surface area contributed by atoms with Gasteiger partial charge < -0.3 is 10.1 Å². The second-order valence-electron chi connectivity index (χ2n) is 5.63. The van der Waals surface area contributed by atoms with Crippen LogP contribution in [-0.4, -0.2) is 56.0 Å². The van der Waals surface area contributed by atoms with Crippen molar-refractivity contribution in [2.45, 2.75) is 18.6 Å². The van der Waals surface area contributed by atoms with Crippen molar-refractivity contribution < 1.29 is 9.53 Å². The predicted octanol–water partition coefficient (Wildman–Crippen LogP) is 2.80. The van der Waals surface area contributed by atoms with Crippen molar-refractivity contribution in [2.24, 2.45) is 0 Å². The maximum absolute atomic E-state index is 11.8. The topological polar surface area (TPSA) is 41.6 Å². The first kappa shape index (κ1) is 18.6.